The molecule has 0 radical (unpaired) electrons. The van der Waals surface area contributed by atoms with Gasteiger partial charge in [0.1, 0.15) is 5.88 Å². The molecule has 2 saturated carbocycles. The first-order valence-electron chi connectivity index (χ1n) is 4.29. The van der Waals surface area contributed by atoms with Crippen LogP contribution in [0.1, 0.15) is 12.8 Å². The van der Waals surface area contributed by atoms with Gasteiger partial charge in [-0.2, -0.15) is 0 Å². The van der Waals surface area contributed by atoms with E-state index < -0.39 is 17.8 Å². The number of carbonyl (C=O) groups is 1. The Balaban J connectivity index is 1.81. The molecule has 74 valence electrons. The summed E-state index contributed by atoms with van der Waals surface area (Å²) in [4.78, 5) is 10.8. The molecule has 13 heavy (non-hydrogen) atoms. The molecule has 0 bridgehead atoms. The molecule has 1 N–H and O–H groups in total. The quantitative estimate of drug-likeness (QED) is 0.685. The Hall–Kier alpha value is -0.380. The lowest BCUT2D eigenvalue weighted by atomic mass is 10.1. The topological polar surface area (TPSA) is 29.1 Å². The van der Waals surface area contributed by atoms with E-state index in [1.165, 1.54) is 0 Å². The third kappa shape index (κ3) is 1.41. The van der Waals surface area contributed by atoms with Crippen LogP contribution >= 0.6 is 11.6 Å². The summed E-state index contributed by atoms with van der Waals surface area (Å²) in [5.74, 6) is -3.80. The van der Waals surface area contributed by atoms with Crippen molar-refractivity contribution < 1.29 is 13.6 Å². The number of rotatable bonds is 2. The molecule has 2 atom stereocenters. The van der Waals surface area contributed by atoms with E-state index >= 15 is 0 Å². The number of hydrogen-bond donors (Lipinski definition) is 1. The minimum absolute atomic E-state index is 0.0825. The molecule has 0 heterocycles. The summed E-state index contributed by atoms with van der Waals surface area (Å²) >= 11 is 5.27. The molecule has 0 aromatic carbocycles. The van der Waals surface area contributed by atoms with E-state index in [0.29, 0.717) is 12.8 Å². The van der Waals surface area contributed by atoms with Gasteiger partial charge in [0, 0.05) is 17.9 Å². The summed E-state index contributed by atoms with van der Waals surface area (Å²) in [6.07, 6.45) is 0.806. The van der Waals surface area contributed by atoms with Gasteiger partial charge in [-0.05, 0) is 12.8 Å². The van der Waals surface area contributed by atoms with Crippen molar-refractivity contribution >= 4 is 17.5 Å². The number of halogens is 3. The Morgan fingerprint density at radius 3 is 2.46 bits per heavy atom. The molecule has 1 amide bonds. The van der Waals surface area contributed by atoms with Crippen LogP contribution in [0.3, 0.4) is 0 Å². The second-order valence-electron chi connectivity index (χ2n) is 3.76. The first-order chi connectivity index (χ1) is 6.05. The van der Waals surface area contributed by atoms with Gasteiger partial charge in [-0.15, -0.1) is 11.6 Å². The van der Waals surface area contributed by atoms with E-state index in [1.807, 2.05) is 0 Å². The number of hydrogen-bond acceptors (Lipinski definition) is 1. The van der Waals surface area contributed by atoms with E-state index in [0.717, 1.165) is 0 Å². The van der Waals surface area contributed by atoms with Crippen molar-refractivity contribution in [1.82, 2.24) is 5.32 Å². The summed E-state index contributed by atoms with van der Waals surface area (Å²) < 4.78 is 25.4. The van der Waals surface area contributed by atoms with Crippen molar-refractivity contribution in [2.45, 2.75) is 24.8 Å². The van der Waals surface area contributed by atoms with Crippen molar-refractivity contribution in [2.24, 2.45) is 11.8 Å². The molecule has 2 rings (SSSR count). The average Bonchev–Trinajstić information content (AvgIpc) is 2.54. The number of fused-ring (bicyclic) bond motifs is 1. The van der Waals surface area contributed by atoms with Crippen molar-refractivity contribution in [1.29, 1.82) is 0 Å². The van der Waals surface area contributed by atoms with Crippen molar-refractivity contribution in [2.75, 3.05) is 5.88 Å². The number of alkyl halides is 3. The molecule has 2 unspecified atom stereocenters. The van der Waals surface area contributed by atoms with E-state index in [2.05, 4.69) is 5.32 Å². The van der Waals surface area contributed by atoms with Gasteiger partial charge in [0.25, 0.3) is 5.92 Å². The Morgan fingerprint density at radius 2 is 2.00 bits per heavy atom. The largest absolute Gasteiger partial charge is 0.352 e. The van der Waals surface area contributed by atoms with Crippen LogP contribution in [-0.2, 0) is 4.79 Å². The predicted molar refractivity (Wildman–Crippen MR) is 43.8 cm³/mol. The monoisotopic (exact) mass is 209 g/mol. The van der Waals surface area contributed by atoms with Gasteiger partial charge in [0.15, 0.2) is 0 Å². The standard InChI is InChI=1S/C8H10ClF2NO/c9-3-7(13)12-4-1-5-6(2-4)8(5,10)11/h4-6H,1-3H2,(H,12,13). The Labute approximate surface area is 79.6 Å². The Morgan fingerprint density at radius 1 is 1.46 bits per heavy atom. The first-order valence-corrected chi connectivity index (χ1v) is 4.82. The highest BCUT2D eigenvalue weighted by atomic mass is 35.5. The summed E-state index contributed by atoms with van der Waals surface area (Å²) in [7, 11) is 0. The zero-order valence-corrected chi connectivity index (χ0v) is 7.65. The molecule has 5 heteroatoms. The second kappa shape index (κ2) is 2.80. The summed E-state index contributed by atoms with van der Waals surface area (Å²) in [6, 6.07) is -0.0825. The fraction of sp³-hybridized carbons (Fsp3) is 0.875. The van der Waals surface area contributed by atoms with Crippen LogP contribution in [0.2, 0.25) is 0 Å². The maximum Gasteiger partial charge on any atom is 0.254 e. The van der Waals surface area contributed by atoms with Crippen LogP contribution in [0.15, 0.2) is 0 Å². The zero-order valence-electron chi connectivity index (χ0n) is 6.90. The lowest BCUT2D eigenvalue weighted by molar-refractivity contribution is -0.119. The second-order valence-corrected chi connectivity index (χ2v) is 4.02. The maximum atomic E-state index is 12.7. The summed E-state index contributed by atoms with van der Waals surface area (Å²) in [5.41, 5.74) is 0. The third-order valence-corrected chi connectivity index (χ3v) is 3.17. The molecular weight excluding hydrogens is 200 g/mol. The molecule has 2 aliphatic rings. The van der Waals surface area contributed by atoms with Gasteiger partial charge >= 0.3 is 0 Å². The third-order valence-electron chi connectivity index (χ3n) is 2.93. The van der Waals surface area contributed by atoms with Gasteiger partial charge in [-0.3, -0.25) is 4.79 Å². The molecule has 0 aromatic heterocycles. The number of amides is 1. The molecular formula is C8H10ClF2NO. The van der Waals surface area contributed by atoms with Crippen molar-refractivity contribution in [3.05, 3.63) is 0 Å². The van der Waals surface area contributed by atoms with E-state index in [1.54, 1.807) is 0 Å². The van der Waals surface area contributed by atoms with Gasteiger partial charge in [0.05, 0.1) is 0 Å². The van der Waals surface area contributed by atoms with Gasteiger partial charge < -0.3 is 5.32 Å². The lowest BCUT2D eigenvalue weighted by Gasteiger charge is -2.14. The van der Waals surface area contributed by atoms with E-state index in [9.17, 15) is 13.6 Å². The fourth-order valence-corrected chi connectivity index (χ4v) is 2.27. The Bertz CT molecular complexity index is 232. The van der Waals surface area contributed by atoms with Crippen LogP contribution < -0.4 is 5.32 Å². The molecule has 0 saturated heterocycles. The Kier molecular flexibility index (Phi) is 1.98. The molecule has 2 fully saturated rings. The van der Waals surface area contributed by atoms with Crippen molar-refractivity contribution in [3.8, 4) is 0 Å². The van der Waals surface area contributed by atoms with Gasteiger partial charge in [0.2, 0.25) is 5.91 Å². The maximum absolute atomic E-state index is 12.7. The van der Waals surface area contributed by atoms with E-state index in [4.69, 9.17) is 11.6 Å². The highest BCUT2D eigenvalue weighted by Gasteiger charge is 2.71. The van der Waals surface area contributed by atoms with Gasteiger partial charge in [-0.1, -0.05) is 0 Å². The normalized spacial score (nSPS) is 39.8. The minimum atomic E-state index is -2.46. The van der Waals surface area contributed by atoms with Gasteiger partial charge in [-0.25, -0.2) is 8.78 Å². The summed E-state index contributed by atoms with van der Waals surface area (Å²) in [5, 5.41) is 2.62. The minimum Gasteiger partial charge on any atom is -0.352 e. The first kappa shape index (κ1) is 9.19. The molecule has 2 nitrogen and oxygen atoms in total. The van der Waals surface area contributed by atoms with Crippen molar-refractivity contribution in [3.63, 3.8) is 0 Å². The highest BCUT2D eigenvalue weighted by molar-refractivity contribution is 6.27. The smallest absolute Gasteiger partial charge is 0.254 e. The van der Waals surface area contributed by atoms with Crippen LogP contribution in [0.25, 0.3) is 0 Å². The molecule has 0 spiro atoms. The SMILES string of the molecule is O=C(CCl)NC1CC2C(C1)C2(F)F. The van der Waals surface area contributed by atoms with E-state index in [-0.39, 0.29) is 17.8 Å². The molecule has 0 aromatic rings. The van der Waals surface area contributed by atoms with Crippen LogP contribution in [0.4, 0.5) is 8.78 Å². The lowest BCUT2D eigenvalue weighted by Crippen LogP contribution is -2.35. The van der Waals surface area contributed by atoms with Crippen LogP contribution in [0.5, 0.6) is 0 Å². The number of carbonyl (C=O) groups excluding carboxylic acids is 1. The van der Waals surface area contributed by atoms with Crippen LogP contribution in [-0.4, -0.2) is 23.8 Å². The van der Waals surface area contributed by atoms with Crippen LogP contribution in [0, 0.1) is 11.8 Å². The fourth-order valence-electron chi connectivity index (χ4n) is 2.20. The predicted octanol–water partition coefficient (Wildman–Crippen LogP) is 1.39. The molecule has 0 aliphatic heterocycles. The summed E-state index contributed by atoms with van der Waals surface area (Å²) in [6.45, 7) is 0. The number of nitrogens with one attached hydrogen (secondary N) is 1. The average molecular weight is 210 g/mol. The zero-order chi connectivity index (χ0) is 9.64. The highest BCUT2D eigenvalue weighted by Crippen LogP contribution is 2.63. The molecule has 2 aliphatic carbocycles.